The maximum atomic E-state index is 14.9. The summed E-state index contributed by atoms with van der Waals surface area (Å²) in [7, 11) is 1.92. The van der Waals surface area contributed by atoms with E-state index in [0.717, 1.165) is 29.4 Å². The minimum atomic E-state index is -0.295. The van der Waals surface area contributed by atoms with Gasteiger partial charge in [0.25, 0.3) is 11.8 Å². The minimum Gasteiger partial charge on any atom is -0.508 e. The number of aromatic hydroxyl groups is 1. The van der Waals surface area contributed by atoms with Crippen LogP contribution in [0.5, 0.6) is 5.75 Å². The molecule has 1 N–H and O–H groups in total. The van der Waals surface area contributed by atoms with Gasteiger partial charge in [0.15, 0.2) is 0 Å². The molecule has 0 spiro atoms. The van der Waals surface area contributed by atoms with E-state index in [1.165, 1.54) is 5.56 Å². The van der Waals surface area contributed by atoms with E-state index in [1.807, 2.05) is 81.8 Å². The van der Waals surface area contributed by atoms with Gasteiger partial charge in [0.1, 0.15) is 11.4 Å². The maximum absolute atomic E-state index is 14.9. The number of hydrogen-bond donors (Lipinski definition) is 1. The summed E-state index contributed by atoms with van der Waals surface area (Å²) in [6.07, 6.45) is 7.13. The van der Waals surface area contributed by atoms with Crippen LogP contribution in [0.25, 0.3) is 27.8 Å². The van der Waals surface area contributed by atoms with Gasteiger partial charge in [0.2, 0.25) is 0 Å². The third-order valence-corrected chi connectivity index (χ3v) is 9.98. The number of aromatic nitrogens is 3. The predicted octanol–water partition coefficient (Wildman–Crippen LogP) is 8.81. The van der Waals surface area contributed by atoms with E-state index in [-0.39, 0.29) is 23.6 Å². The Hall–Kier alpha value is -5.86. The normalized spacial score (nSPS) is 14.2. The number of rotatable bonds is 6. The second-order valence-corrected chi connectivity index (χ2v) is 13.2. The van der Waals surface area contributed by atoms with E-state index < -0.39 is 0 Å². The molecule has 3 aromatic carbocycles. The van der Waals surface area contributed by atoms with Crippen molar-refractivity contribution in [3.05, 3.63) is 149 Å². The van der Waals surface area contributed by atoms with E-state index in [0.29, 0.717) is 50.8 Å². The van der Waals surface area contributed by atoms with Crippen LogP contribution in [-0.2, 0) is 20.0 Å². The van der Waals surface area contributed by atoms with Gasteiger partial charge in [-0.2, -0.15) is 0 Å². The summed E-state index contributed by atoms with van der Waals surface area (Å²) in [4.78, 5) is 37.7. The average molecular weight is 680 g/mol. The summed E-state index contributed by atoms with van der Waals surface area (Å²) < 4.78 is 3.86. The highest BCUT2D eigenvalue weighted by atomic mass is 35.5. The number of nitrogens with zero attached hydrogens (tertiary/aromatic N) is 5. The zero-order valence-corrected chi connectivity index (χ0v) is 28.4. The molecule has 0 radical (unpaired) electrons. The number of benzene rings is 3. The number of carbonyl (C=O) groups is 2. The molecule has 1 aliphatic rings. The van der Waals surface area contributed by atoms with E-state index in [1.54, 1.807) is 47.5 Å². The number of fused-ring (bicyclic) bond motifs is 3. The Morgan fingerprint density at radius 1 is 0.880 bits per heavy atom. The van der Waals surface area contributed by atoms with Crippen LogP contribution < -0.4 is 4.90 Å². The zero-order valence-electron chi connectivity index (χ0n) is 27.6. The summed E-state index contributed by atoms with van der Waals surface area (Å²) in [5.41, 5.74) is 7.29. The molecule has 248 valence electrons. The largest absolute Gasteiger partial charge is 0.508 e. The SMILES string of the molecule is CC[C@@H]1Cc2ccccc2CN1C(=O)c1ccc(Cl)cc1-c1cc(C(=O)N(c2ccc(O)cc2)c2cnc3c(ccn3C)c2)c2ccccn12. The summed E-state index contributed by atoms with van der Waals surface area (Å²) in [5.74, 6) is -0.281. The molecule has 4 aromatic heterocycles. The number of phenols is 1. The molecule has 2 amide bonds. The monoisotopic (exact) mass is 679 g/mol. The second kappa shape index (κ2) is 12.5. The van der Waals surface area contributed by atoms with E-state index in [9.17, 15) is 14.7 Å². The standard InChI is InChI=1S/C41H34ClN5O3/c1-3-30-20-26-8-4-5-9-28(26)25-46(30)40(49)34-16-11-29(42)22-35(34)38-23-36(37-10-6-7-18-45(37)38)41(50)47(31-12-14-33(48)15-13-31)32-21-27-17-19-44(2)39(27)43-24-32/h4-19,21-24,30,48H,3,20,25H2,1-2H3/t30-/m1/s1. The van der Waals surface area contributed by atoms with Gasteiger partial charge in [-0.1, -0.05) is 48.9 Å². The lowest BCUT2D eigenvalue weighted by molar-refractivity contribution is 0.0635. The number of amides is 2. The summed E-state index contributed by atoms with van der Waals surface area (Å²) in [6.45, 7) is 2.64. The second-order valence-electron chi connectivity index (χ2n) is 12.7. The van der Waals surface area contributed by atoms with Crippen molar-refractivity contribution < 1.29 is 14.7 Å². The van der Waals surface area contributed by atoms with Gasteiger partial charge in [0.05, 0.1) is 28.7 Å². The summed E-state index contributed by atoms with van der Waals surface area (Å²) in [5, 5.41) is 11.5. The molecule has 7 aromatic rings. The fraction of sp³-hybridized carbons (Fsp3) is 0.146. The van der Waals surface area contributed by atoms with Gasteiger partial charge < -0.3 is 19.0 Å². The number of anilines is 2. The number of aryl methyl sites for hydroxylation is 1. The van der Waals surface area contributed by atoms with Crippen molar-refractivity contribution in [1.82, 2.24) is 18.9 Å². The van der Waals surface area contributed by atoms with Gasteiger partial charge in [0, 0.05) is 59.3 Å². The first-order valence-corrected chi connectivity index (χ1v) is 17.0. The van der Waals surface area contributed by atoms with Crippen LogP contribution in [0, 0.1) is 0 Å². The Labute approximate surface area is 294 Å². The van der Waals surface area contributed by atoms with Gasteiger partial charge in [-0.05, 0) is 96.8 Å². The Morgan fingerprint density at radius 3 is 2.46 bits per heavy atom. The average Bonchev–Trinajstić information content (AvgIpc) is 3.72. The molecule has 9 heteroatoms. The first-order valence-electron chi connectivity index (χ1n) is 16.6. The molecule has 8 rings (SSSR count). The molecule has 5 heterocycles. The van der Waals surface area contributed by atoms with Gasteiger partial charge in [-0.15, -0.1) is 0 Å². The Bertz CT molecular complexity index is 2430. The smallest absolute Gasteiger partial charge is 0.265 e. The Kier molecular flexibility index (Phi) is 7.88. The maximum Gasteiger partial charge on any atom is 0.265 e. The van der Waals surface area contributed by atoms with Gasteiger partial charge >= 0.3 is 0 Å². The van der Waals surface area contributed by atoms with Crippen molar-refractivity contribution in [2.24, 2.45) is 7.05 Å². The number of halogens is 1. The quantitative estimate of drug-likeness (QED) is 0.190. The van der Waals surface area contributed by atoms with Crippen LogP contribution in [-0.4, -0.2) is 41.8 Å². The number of carbonyl (C=O) groups excluding carboxylic acids is 2. The van der Waals surface area contributed by atoms with Crippen molar-refractivity contribution in [3.8, 4) is 17.0 Å². The van der Waals surface area contributed by atoms with Crippen LogP contribution in [0.4, 0.5) is 11.4 Å². The zero-order chi connectivity index (χ0) is 34.5. The molecule has 0 saturated heterocycles. The highest BCUT2D eigenvalue weighted by Gasteiger charge is 2.32. The highest BCUT2D eigenvalue weighted by Crippen LogP contribution is 2.37. The molecular formula is C41H34ClN5O3. The molecule has 0 saturated carbocycles. The number of pyridine rings is 2. The molecule has 50 heavy (non-hydrogen) atoms. The lowest BCUT2D eigenvalue weighted by Gasteiger charge is -2.37. The first kappa shape index (κ1) is 31.4. The topological polar surface area (TPSA) is 83.1 Å². The first-order chi connectivity index (χ1) is 24.3. The van der Waals surface area contributed by atoms with Crippen molar-refractivity contribution in [1.29, 1.82) is 0 Å². The lowest BCUT2D eigenvalue weighted by atomic mass is 9.91. The van der Waals surface area contributed by atoms with Gasteiger partial charge in [-0.3, -0.25) is 14.5 Å². The van der Waals surface area contributed by atoms with Crippen molar-refractivity contribution in [3.63, 3.8) is 0 Å². The van der Waals surface area contributed by atoms with Crippen LogP contribution in [0.3, 0.4) is 0 Å². The van der Waals surface area contributed by atoms with Crippen molar-refractivity contribution >= 4 is 51.3 Å². The van der Waals surface area contributed by atoms with Crippen LogP contribution in [0.1, 0.15) is 45.2 Å². The lowest BCUT2D eigenvalue weighted by Crippen LogP contribution is -2.44. The molecule has 0 bridgehead atoms. The van der Waals surface area contributed by atoms with E-state index in [2.05, 4.69) is 30.1 Å². The number of phenolic OH excluding ortho intramolecular Hbond substituents is 1. The van der Waals surface area contributed by atoms with Crippen LogP contribution in [0.2, 0.25) is 5.02 Å². The molecule has 1 atom stereocenters. The Balaban J connectivity index is 1.26. The van der Waals surface area contributed by atoms with E-state index >= 15 is 0 Å². The highest BCUT2D eigenvalue weighted by molar-refractivity contribution is 6.31. The van der Waals surface area contributed by atoms with Crippen LogP contribution >= 0.6 is 11.6 Å². The van der Waals surface area contributed by atoms with Crippen molar-refractivity contribution in [2.45, 2.75) is 32.4 Å². The van der Waals surface area contributed by atoms with Crippen LogP contribution in [0.15, 0.2) is 122 Å². The van der Waals surface area contributed by atoms with Gasteiger partial charge in [-0.25, -0.2) is 4.98 Å². The number of hydrogen-bond acceptors (Lipinski definition) is 4. The molecule has 0 aliphatic carbocycles. The third-order valence-electron chi connectivity index (χ3n) is 9.74. The predicted molar refractivity (Wildman–Crippen MR) is 197 cm³/mol. The summed E-state index contributed by atoms with van der Waals surface area (Å²) >= 11 is 6.63. The summed E-state index contributed by atoms with van der Waals surface area (Å²) in [6, 6.07) is 31.6. The third kappa shape index (κ3) is 5.38. The minimum absolute atomic E-state index is 0.0524. The Morgan fingerprint density at radius 2 is 1.66 bits per heavy atom. The molecule has 0 unspecified atom stereocenters. The van der Waals surface area contributed by atoms with Crippen molar-refractivity contribution in [2.75, 3.05) is 4.90 Å². The fourth-order valence-corrected chi connectivity index (χ4v) is 7.33. The molecule has 1 aliphatic heterocycles. The fourth-order valence-electron chi connectivity index (χ4n) is 7.16. The molecule has 0 fully saturated rings. The molecule has 8 nitrogen and oxygen atoms in total. The molecular weight excluding hydrogens is 646 g/mol. The van der Waals surface area contributed by atoms with E-state index in [4.69, 9.17) is 11.6 Å².